The molecule has 1 atom stereocenters. The smallest absolute Gasteiger partial charge is 0.0166 e. The third-order valence-corrected chi connectivity index (χ3v) is 3.19. The van der Waals surface area contributed by atoms with Gasteiger partial charge in [0.2, 0.25) is 0 Å². The number of nitrogens with one attached hydrogen (secondary N) is 1. The average Bonchev–Trinajstić information content (AvgIpc) is 2.27. The van der Waals surface area contributed by atoms with Crippen LogP contribution in [0, 0.1) is 0 Å². The van der Waals surface area contributed by atoms with Crippen LogP contribution in [0.4, 0.5) is 0 Å². The summed E-state index contributed by atoms with van der Waals surface area (Å²) < 4.78 is 0. The number of nitrogens with zero attached hydrogens (tertiary/aromatic N) is 2. The summed E-state index contributed by atoms with van der Waals surface area (Å²) in [6.07, 6.45) is 1.23. The molecule has 15 heavy (non-hydrogen) atoms. The van der Waals surface area contributed by atoms with Crippen LogP contribution in [0.3, 0.4) is 0 Å². The van der Waals surface area contributed by atoms with Gasteiger partial charge < -0.3 is 10.2 Å². The zero-order valence-electron chi connectivity index (χ0n) is 10.6. The highest BCUT2D eigenvalue weighted by Gasteiger charge is 2.16. The van der Waals surface area contributed by atoms with E-state index in [1.165, 1.54) is 45.7 Å². The van der Waals surface area contributed by atoms with Crippen molar-refractivity contribution in [2.24, 2.45) is 0 Å². The van der Waals surface area contributed by atoms with E-state index >= 15 is 0 Å². The molecule has 1 saturated heterocycles. The monoisotopic (exact) mass is 213 g/mol. The van der Waals surface area contributed by atoms with Crippen LogP contribution in [0.1, 0.15) is 27.2 Å². The van der Waals surface area contributed by atoms with Crippen LogP contribution >= 0.6 is 0 Å². The van der Waals surface area contributed by atoms with Gasteiger partial charge >= 0.3 is 0 Å². The number of likely N-dealkylation sites (N-methyl/N-ethyl adjacent to an activating group) is 1. The van der Waals surface area contributed by atoms with Gasteiger partial charge in [-0.05, 0) is 26.4 Å². The minimum absolute atomic E-state index is 0.637. The Bertz CT molecular complexity index is 153. The standard InChI is InChI=1S/C12H27N3/c1-4-6-13-12(3)11-15-9-7-14(5-2)8-10-15/h12-13H,4-11H2,1-3H3. The lowest BCUT2D eigenvalue weighted by atomic mass is 10.2. The summed E-state index contributed by atoms with van der Waals surface area (Å²) >= 11 is 0. The number of hydrogen-bond donors (Lipinski definition) is 1. The topological polar surface area (TPSA) is 18.5 Å². The highest BCUT2D eigenvalue weighted by molar-refractivity contribution is 4.74. The highest BCUT2D eigenvalue weighted by atomic mass is 15.3. The Morgan fingerprint density at radius 1 is 1.07 bits per heavy atom. The molecule has 0 aromatic heterocycles. The minimum atomic E-state index is 0.637. The second kappa shape index (κ2) is 7.20. The Balaban J connectivity index is 2.12. The lowest BCUT2D eigenvalue weighted by Gasteiger charge is -2.35. The molecule has 0 aliphatic carbocycles. The van der Waals surface area contributed by atoms with E-state index < -0.39 is 0 Å². The van der Waals surface area contributed by atoms with Crippen LogP contribution in [0.2, 0.25) is 0 Å². The van der Waals surface area contributed by atoms with Crippen LogP contribution in [0.5, 0.6) is 0 Å². The predicted molar refractivity (Wildman–Crippen MR) is 66.3 cm³/mol. The highest BCUT2D eigenvalue weighted by Crippen LogP contribution is 2.01. The zero-order chi connectivity index (χ0) is 11.1. The lowest BCUT2D eigenvalue weighted by molar-refractivity contribution is 0.129. The van der Waals surface area contributed by atoms with Crippen LogP contribution in [0.25, 0.3) is 0 Å². The summed E-state index contributed by atoms with van der Waals surface area (Å²) in [5.74, 6) is 0. The Kier molecular flexibility index (Phi) is 6.22. The van der Waals surface area contributed by atoms with Crippen molar-refractivity contribution < 1.29 is 0 Å². The van der Waals surface area contributed by atoms with Gasteiger partial charge in [0.1, 0.15) is 0 Å². The second-order valence-electron chi connectivity index (χ2n) is 4.59. The van der Waals surface area contributed by atoms with Crippen LogP contribution in [-0.2, 0) is 0 Å². The predicted octanol–water partition coefficient (Wildman–Crippen LogP) is 1.01. The largest absolute Gasteiger partial charge is 0.313 e. The first-order valence-electron chi connectivity index (χ1n) is 6.44. The zero-order valence-corrected chi connectivity index (χ0v) is 10.6. The maximum atomic E-state index is 3.55. The van der Waals surface area contributed by atoms with Gasteiger partial charge in [-0.3, -0.25) is 4.90 Å². The van der Waals surface area contributed by atoms with Gasteiger partial charge in [0.05, 0.1) is 0 Å². The summed E-state index contributed by atoms with van der Waals surface area (Å²) in [5, 5.41) is 3.55. The van der Waals surface area contributed by atoms with E-state index in [-0.39, 0.29) is 0 Å². The van der Waals surface area contributed by atoms with Crippen molar-refractivity contribution >= 4 is 0 Å². The van der Waals surface area contributed by atoms with Crippen molar-refractivity contribution in [3.63, 3.8) is 0 Å². The van der Waals surface area contributed by atoms with Gasteiger partial charge in [-0.15, -0.1) is 0 Å². The first-order valence-corrected chi connectivity index (χ1v) is 6.44. The Morgan fingerprint density at radius 2 is 1.67 bits per heavy atom. The average molecular weight is 213 g/mol. The molecule has 0 radical (unpaired) electrons. The first kappa shape index (κ1) is 12.9. The number of rotatable bonds is 6. The molecule has 0 aromatic carbocycles. The Hall–Kier alpha value is -0.120. The van der Waals surface area contributed by atoms with E-state index in [0.29, 0.717) is 6.04 Å². The van der Waals surface area contributed by atoms with Crippen LogP contribution < -0.4 is 5.32 Å². The van der Waals surface area contributed by atoms with Gasteiger partial charge in [0, 0.05) is 38.8 Å². The van der Waals surface area contributed by atoms with E-state index in [1.54, 1.807) is 0 Å². The summed E-state index contributed by atoms with van der Waals surface area (Å²) in [6, 6.07) is 0.637. The molecule has 0 amide bonds. The van der Waals surface area contributed by atoms with E-state index in [9.17, 15) is 0 Å². The summed E-state index contributed by atoms with van der Waals surface area (Å²) in [6.45, 7) is 15.3. The van der Waals surface area contributed by atoms with Crippen LogP contribution in [-0.4, -0.2) is 61.7 Å². The van der Waals surface area contributed by atoms with Gasteiger partial charge in [0.15, 0.2) is 0 Å². The third-order valence-electron chi connectivity index (χ3n) is 3.19. The molecule has 1 rings (SSSR count). The van der Waals surface area contributed by atoms with E-state index in [1.807, 2.05) is 0 Å². The lowest BCUT2D eigenvalue weighted by Crippen LogP contribution is -2.50. The van der Waals surface area contributed by atoms with Gasteiger partial charge in [0.25, 0.3) is 0 Å². The van der Waals surface area contributed by atoms with Gasteiger partial charge in [-0.1, -0.05) is 13.8 Å². The molecular weight excluding hydrogens is 186 g/mol. The molecule has 1 N–H and O–H groups in total. The SMILES string of the molecule is CCCNC(C)CN1CCN(CC)CC1. The summed E-state index contributed by atoms with van der Waals surface area (Å²) in [5.41, 5.74) is 0. The second-order valence-corrected chi connectivity index (χ2v) is 4.59. The fraction of sp³-hybridized carbons (Fsp3) is 1.00. The van der Waals surface area contributed by atoms with Crippen molar-refractivity contribution in [3.8, 4) is 0 Å². The maximum absolute atomic E-state index is 3.55. The van der Waals surface area contributed by atoms with Crippen molar-refractivity contribution in [1.82, 2.24) is 15.1 Å². The number of hydrogen-bond acceptors (Lipinski definition) is 3. The molecule has 1 aliphatic rings. The van der Waals surface area contributed by atoms with E-state index in [2.05, 4.69) is 35.9 Å². The molecule has 1 aliphatic heterocycles. The molecule has 1 fully saturated rings. The normalized spacial score (nSPS) is 21.8. The molecule has 0 aromatic rings. The minimum Gasteiger partial charge on any atom is -0.313 e. The molecule has 0 spiro atoms. The van der Waals surface area contributed by atoms with Crippen LogP contribution in [0.15, 0.2) is 0 Å². The Morgan fingerprint density at radius 3 is 2.20 bits per heavy atom. The maximum Gasteiger partial charge on any atom is 0.0166 e. The third kappa shape index (κ3) is 4.96. The molecular formula is C12H27N3. The summed E-state index contributed by atoms with van der Waals surface area (Å²) in [7, 11) is 0. The van der Waals surface area contributed by atoms with E-state index in [0.717, 1.165) is 6.54 Å². The van der Waals surface area contributed by atoms with Gasteiger partial charge in [-0.25, -0.2) is 0 Å². The number of piperazine rings is 1. The van der Waals surface area contributed by atoms with Gasteiger partial charge in [-0.2, -0.15) is 0 Å². The van der Waals surface area contributed by atoms with E-state index in [4.69, 9.17) is 0 Å². The van der Waals surface area contributed by atoms with Crippen molar-refractivity contribution in [3.05, 3.63) is 0 Å². The molecule has 90 valence electrons. The van der Waals surface area contributed by atoms with Crippen molar-refractivity contribution in [1.29, 1.82) is 0 Å². The fourth-order valence-corrected chi connectivity index (χ4v) is 2.13. The molecule has 0 saturated carbocycles. The molecule has 1 heterocycles. The Labute approximate surface area is 94.8 Å². The molecule has 1 unspecified atom stereocenters. The van der Waals surface area contributed by atoms with Crippen molar-refractivity contribution in [2.75, 3.05) is 45.8 Å². The quantitative estimate of drug-likeness (QED) is 0.710. The molecule has 3 nitrogen and oxygen atoms in total. The fourth-order valence-electron chi connectivity index (χ4n) is 2.13. The summed E-state index contributed by atoms with van der Waals surface area (Å²) in [4.78, 5) is 5.11. The molecule has 3 heteroatoms. The van der Waals surface area contributed by atoms with Crippen molar-refractivity contribution in [2.45, 2.75) is 33.2 Å². The molecule has 0 bridgehead atoms. The first-order chi connectivity index (χ1) is 7.26.